The second-order valence-electron chi connectivity index (χ2n) is 11.3. The molecule has 0 radical (unpaired) electrons. The van der Waals surface area contributed by atoms with Crippen LogP contribution in [0.5, 0.6) is 0 Å². The lowest BCUT2D eigenvalue weighted by Crippen LogP contribution is -2.53. The van der Waals surface area contributed by atoms with Crippen LogP contribution in [0, 0.1) is 0 Å². The maximum atomic E-state index is 12.2. The van der Waals surface area contributed by atoms with Gasteiger partial charge in [0.25, 0.3) is 35.4 Å². The van der Waals surface area contributed by atoms with E-state index in [1.165, 1.54) is 0 Å². The molecule has 19 heteroatoms. The van der Waals surface area contributed by atoms with Gasteiger partial charge in [0, 0.05) is 95.0 Å². The van der Waals surface area contributed by atoms with Crippen LogP contribution in [0.4, 0.5) is 0 Å². The third kappa shape index (κ3) is 13.1. The van der Waals surface area contributed by atoms with Crippen LogP contribution in [0.2, 0.25) is 0 Å². The SMILES string of the molecule is NC(COCCC(=O)NCCN1C(=O)C=CC1=O)(COCCC(=O)NCCN1C(=O)C=CC1=O)COCCC(=O)NCCN1C(=O)C=CC1=O. The van der Waals surface area contributed by atoms with Crippen LogP contribution in [-0.4, -0.2) is 152 Å². The molecule has 0 saturated heterocycles. The molecular formula is C31H41N7O12. The highest BCUT2D eigenvalue weighted by molar-refractivity contribution is 6.14. The summed E-state index contributed by atoms with van der Waals surface area (Å²) in [4.78, 5) is 109. The second kappa shape index (κ2) is 19.8. The molecule has 0 spiro atoms. The van der Waals surface area contributed by atoms with Gasteiger partial charge in [0.1, 0.15) is 0 Å². The summed E-state index contributed by atoms with van der Waals surface area (Å²) < 4.78 is 16.8. The third-order valence-corrected chi connectivity index (χ3v) is 7.26. The van der Waals surface area contributed by atoms with Gasteiger partial charge in [-0.15, -0.1) is 0 Å². The molecule has 0 aromatic heterocycles. The van der Waals surface area contributed by atoms with Crippen LogP contribution in [0.25, 0.3) is 0 Å². The lowest BCUT2D eigenvalue weighted by molar-refractivity contribution is -0.138. The fourth-order valence-corrected chi connectivity index (χ4v) is 4.59. The molecule has 0 atom stereocenters. The van der Waals surface area contributed by atoms with Crippen LogP contribution < -0.4 is 21.7 Å². The average molecular weight is 704 g/mol. The molecule has 0 aromatic carbocycles. The predicted octanol–water partition coefficient (Wildman–Crippen LogP) is -3.97. The van der Waals surface area contributed by atoms with Crippen molar-refractivity contribution >= 4 is 53.2 Å². The monoisotopic (exact) mass is 703 g/mol. The quantitative estimate of drug-likeness (QED) is 0.0554. The van der Waals surface area contributed by atoms with Crippen molar-refractivity contribution in [2.45, 2.75) is 24.8 Å². The van der Waals surface area contributed by atoms with Gasteiger partial charge in [-0.3, -0.25) is 57.9 Å². The number of nitrogens with zero attached hydrogens (tertiary/aromatic N) is 3. The van der Waals surface area contributed by atoms with Crippen molar-refractivity contribution in [3.8, 4) is 0 Å². The number of carbonyl (C=O) groups excluding carboxylic acids is 9. The first-order chi connectivity index (χ1) is 23.9. The molecule has 9 amide bonds. The molecule has 50 heavy (non-hydrogen) atoms. The van der Waals surface area contributed by atoms with Crippen molar-refractivity contribution in [1.29, 1.82) is 0 Å². The fourth-order valence-electron chi connectivity index (χ4n) is 4.59. The number of hydrogen-bond acceptors (Lipinski definition) is 13. The van der Waals surface area contributed by atoms with E-state index in [1.54, 1.807) is 0 Å². The largest absolute Gasteiger partial charge is 0.379 e. The molecule has 272 valence electrons. The number of ether oxygens (including phenoxy) is 3. The van der Waals surface area contributed by atoms with Gasteiger partial charge in [-0.05, 0) is 0 Å². The summed E-state index contributed by atoms with van der Waals surface area (Å²) in [6.45, 7) is -0.195. The predicted molar refractivity (Wildman–Crippen MR) is 170 cm³/mol. The van der Waals surface area contributed by atoms with E-state index < -0.39 is 41.0 Å². The van der Waals surface area contributed by atoms with Crippen LogP contribution >= 0.6 is 0 Å². The molecule has 5 N–H and O–H groups in total. The smallest absolute Gasteiger partial charge is 0.253 e. The molecule has 3 aliphatic heterocycles. The zero-order chi connectivity index (χ0) is 36.5. The summed E-state index contributed by atoms with van der Waals surface area (Å²) in [6, 6.07) is 0. The summed E-state index contributed by atoms with van der Waals surface area (Å²) in [7, 11) is 0. The molecule has 3 rings (SSSR count). The molecule has 3 aliphatic rings. The summed E-state index contributed by atoms with van der Waals surface area (Å²) in [6.07, 6.45) is 6.77. The van der Waals surface area contributed by atoms with Crippen molar-refractivity contribution in [3.63, 3.8) is 0 Å². The van der Waals surface area contributed by atoms with Gasteiger partial charge in [-0.1, -0.05) is 0 Å². The molecule has 0 bridgehead atoms. The molecule has 0 aromatic rings. The van der Waals surface area contributed by atoms with E-state index in [2.05, 4.69) is 16.0 Å². The number of amides is 9. The Morgan fingerprint density at radius 1 is 0.500 bits per heavy atom. The Kier molecular flexibility index (Phi) is 15.6. The summed E-state index contributed by atoms with van der Waals surface area (Å²) in [5.41, 5.74) is 5.22. The van der Waals surface area contributed by atoms with E-state index in [-0.39, 0.29) is 116 Å². The zero-order valence-corrected chi connectivity index (χ0v) is 27.4. The van der Waals surface area contributed by atoms with Crippen molar-refractivity contribution in [1.82, 2.24) is 30.7 Å². The second-order valence-corrected chi connectivity index (χ2v) is 11.3. The average Bonchev–Trinajstić information content (AvgIpc) is 3.70. The van der Waals surface area contributed by atoms with E-state index in [4.69, 9.17) is 19.9 Å². The zero-order valence-electron chi connectivity index (χ0n) is 27.4. The number of imide groups is 3. The van der Waals surface area contributed by atoms with Crippen LogP contribution in [0.15, 0.2) is 36.5 Å². The van der Waals surface area contributed by atoms with Crippen LogP contribution in [-0.2, 0) is 57.4 Å². The maximum absolute atomic E-state index is 12.2. The first kappa shape index (κ1) is 39.3. The minimum absolute atomic E-state index is 0.0262. The Hall–Kier alpha value is -5.11. The van der Waals surface area contributed by atoms with E-state index in [0.29, 0.717) is 0 Å². The Labute approximate surface area is 287 Å². The first-order valence-electron chi connectivity index (χ1n) is 15.8. The number of hydrogen-bond donors (Lipinski definition) is 4. The highest BCUT2D eigenvalue weighted by atomic mass is 16.5. The molecule has 3 heterocycles. The van der Waals surface area contributed by atoms with Crippen molar-refractivity contribution in [2.75, 3.05) is 78.9 Å². The van der Waals surface area contributed by atoms with Crippen molar-refractivity contribution in [2.24, 2.45) is 5.73 Å². The summed E-state index contributed by atoms with van der Waals surface area (Å²) >= 11 is 0. The Morgan fingerprint density at radius 3 is 0.980 bits per heavy atom. The number of carbonyl (C=O) groups is 9. The minimum atomic E-state index is -1.25. The first-order valence-corrected chi connectivity index (χ1v) is 15.8. The normalized spacial score (nSPS) is 15.7. The lowest BCUT2D eigenvalue weighted by atomic mass is 10.1. The van der Waals surface area contributed by atoms with Crippen LogP contribution in [0.1, 0.15) is 19.3 Å². The van der Waals surface area contributed by atoms with E-state index in [9.17, 15) is 43.2 Å². The van der Waals surface area contributed by atoms with Gasteiger partial charge >= 0.3 is 0 Å². The van der Waals surface area contributed by atoms with Gasteiger partial charge in [0.15, 0.2) is 0 Å². The van der Waals surface area contributed by atoms with Gasteiger partial charge in [0.2, 0.25) is 17.7 Å². The lowest BCUT2D eigenvalue weighted by Gasteiger charge is -2.29. The molecule has 0 fully saturated rings. The molecule has 0 saturated carbocycles. The van der Waals surface area contributed by atoms with Gasteiger partial charge in [-0.2, -0.15) is 0 Å². The van der Waals surface area contributed by atoms with E-state index in [1.807, 2.05) is 0 Å². The highest BCUT2D eigenvalue weighted by Gasteiger charge is 2.28. The summed E-state index contributed by atoms with van der Waals surface area (Å²) in [5.74, 6) is -3.84. The fraction of sp³-hybridized carbons (Fsp3) is 0.516. The van der Waals surface area contributed by atoms with E-state index >= 15 is 0 Å². The van der Waals surface area contributed by atoms with Gasteiger partial charge in [-0.25, -0.2) is 0 Å². The standard InChI is InChI=1S/C31H41N7O12/c32-31(19-48-16-7-22(39)33-10-13-36-25(42)1-2-26(36)43,20-49-17-8-23(40)34-11-14-37-27(44)3-4-28(37)45)21-50-18-9-24(41)35-12-15-38-29(46)5-6-30(38)47/h1-6H,7-21,32H2,(H,33,39)(H,34,40)(H,35,41). The van der Waals surface area contributed by atoms with Crippen LogP contribution in [0.3, 0.4) is 0 Å². The summed E-state index contributed by atoms with van der Waals surface area (Å²) in [5, 5.41) is 7.79. The van der Waals surface area contributed by atoms with Crippen molar-refractivity contribution in [3.05, 3.63) is 36.5 Å². The van der Waals surface area contributed by atoms with Crippen molar-refractivity contribution < 1.29 is 57.4 Å². The van der Waals surface area contributed by atoms with Gasteiger partial charge in [0.05, 0.1) is 45.2 Å². The Morgan fingerprint density at radius 2 is 0.740 bits per heavy atom. The number of nitrogens with two attached hydrogens (primary N) is 1. The Balaban J connectivity index is 1.35. The number of rotatable bonds is 24. The minimum Gasteiger partial charge on any atom is -0.379 e. The maximum Gasteiger partial charge on any atom is 0.253 e. The third-order valence-electron chi connectivity index (χ3n) is 7.26. The Bertz CT molecular complexity index is 1210. The molecule has 0 unspecified atom stereocenters. The van der Waals surface area contributed by atoms with E-state index in [0.717, 1.165) is 51.2 Å². The molecule has 19 nitrogen and oxygen atoms in total. The topological polar surface area (TPSA) is 253 Å². The molecular weight excluding hydrogens is 662 g/mol. The number of nitrogens with one attached hydrogen (secondary N) is 3. The highest BCUT2D eigenvalue weighted by Crippen LogP contribution is 2.07. The molecule has 0 aliphatic carbocycles. The van der Waals surface area contributed by atoms with Gasteiger partial charge < -0.3 is 35.9 Å².